The minimum Gasteiger partial charge on any atom is -0.468 e. The highest BCUT2D eigenvalue weighted by Gasteiger charge is 2.25. The highest BCUT2D eigenvalue weighted by molar-refractivity contribution is 7.99. The van der Waals surface area contributed by atoms with Crippen molar-refractivity contribution in [1.82, 2.24) is 15.5 Å². The molecule has 1 aromatic heterocycles. The van der Waals surface area contributed by atoms with Gasteiger partial charge in [0.1, 0.15) is 5.76 Å². The van der Waals surface area contributed by atoms with Crippen LogP contribution in [0.1, 0.15) is 31.1 Å². The smallest absolute Gasteiger partial charge is 0.191 e. The van der Waals surface area contributed by atoms with Gasteiger partial charge in [-0.25, -0.2) is 0 Å². The van der Waals surface area contributed by atoms with Crippen LogP contribution in [0.5, 0.6) is 0 Å². The standard InChI is InChI=1S/C16H28N4OS/c1-17-16(19-12-7-8-13(10-12)22-4)18-11-14(20(2)3)15-6-5-9-21-15/h5-6,9,12-14H,7-8,10-11H2,1-4H3,(H2,17,18,19). The first-order valence-corrected chi connectivity index (χ1v) is 9.12. The van der Waals surface area contributed by atoms with E-state index in [1.165, 1.54) is 19.3 Å². The second-order valence-electron chi connectivity index (χ2n) is 5.96. The molecule has 2 rings (SSSR count). The van der Waals surface area contributed by atoms with E-state index >= 15 is 0 Å². The Bertz CT molecular complexity index is 461. The molecular weight excluding hydrogens is 296 g/mol. The van der Waals surface area contributed by atoms with Crippen molar-refractivity contribution >= 4 is 17.7 Å². The van der Waals surface area contributed by atoms with Gasteiger partial charge in [-0.3, -0.25) is 9.89 Å². The molecule has 0 spiro atoms. The summed E-state index contributed by atoms with van der Waals surface area (Å²) in [5, 5.41) is 7.76. The van der Waals surface area contributed by atoms with E-state index in [9.17, 15) is 0 Å². The van der Waals surface area contributed by atoms with Crippen LogP contribution in [0.4, 0.5) is 0 Å². The summed E-state index contributed by atoms with van der Waals surface area (Å²) in [4.78, 5) is 6.50. The lowest BCUT2D eigenvalue weighted by molar-refractivity contribution is 0.258. The van der Waals surface area contributed by atoms with Crippen molar-refractivity contribution in [2.75, 3.05) is 33.9 Å². The fourth-order valence-electron chi connectivity index (χ4n) is 2.89. The van der Waals surface area contributed by atoms with Crippen LogP contribution in [-0.2, 0) is 0 Å². The van der Waals surface area contributed by atoms with E-state index in [0.29, 0.717) is 6.04 Å². The number of hydrogen-bond donors (Lipinski definition) is 2. The van der Waals surface area contributed by atoms with Crippen LogP contribution in [0.15, 0.2) is 27.8 Å². The minimum absolute atomic E-state index is 0.191. The summed E-state index contributed by atoms with van der Waals surface area (Å²) in [5.74, 6) is 1.85. The third kappa shape index (κ3) is 4.68. The summed E-state index contributed by atoms with van der Waals surface area (Å²) >= 11 is 1.97. The molecule has 1 heterocycles. The molecule has 0 aliphatic heterocycles. The van der Waals surface area contributed by atoms with E-state index < -0.39 is 0 Å². The van der Waals surface area contributed by atoms with E-state index in [1.807, 2.05) is 30.9 Å². The first-order chi connectivity index (χ1) is 10.6. The Labute approximate surface area is 137 Å². The molecule has 0 amide bonds. The highest BCUT2D eigenvalue weighted by Crippen LogP contribution is 2.28. The Hall–Kier alpha value is -1.14. The summed E-state index contributed by atoms with van der Waals surface area (Å²) in [7, 11) is 5.95. The lowest BCUT2D eigenvalue weighted by Gasteiger charge is -2.24. The summed E-state index contributed by atoms with van der Waals surface area (Å²) in [6, 6.07) is 4.67. The molecule has 5 nitrogen and oxygen atoms in total. The second kappa shape index (κ2) is 8.48. The Morgan fingerprint density at radius 1 is 1.50 bits per heavy atom. The van der Waals surface area contributed by atoms with Gasteiger partial charge in [0, 0.05) is 24.9 Å². The third-order valence-corrected chi connectivity index (χ3v) is 5.33. The zero-order chi connectivity index (χ0) is 15.9. The topological polar surface area (TPSA) is 52.8 Å². The Balaban J connectivity index is 1.85. The molecule has 2 N–H and O–H groups in total. The number of hydrogen-bond acceptors (Lipinski definition) is 4. The first kappa shape index (κ1) is 17.2. The molecular formula is C16H28N4OS. The fraction of sp³-hybridized carbons (Fsp3) is 0.688. The molecule has 0 radical (unpaired) electrons. The molecule has 0 saturated heterocycles. The normalized spacial score (nSPS) is 23.8. The molecule has 1 aromatic rings. The maximum atomic E-state index is 5.54. The third-order valence-electron chi connectivity index (χ3n) is 4.24. The molecule has 1 fully saturated rings. The highest BCUT2D eigenvalue weighted by atomic mass is 32.2. The van der Waals surface area contributed by atoms with Crippen LogP contribution in [0.3, 0.4) is 0 Å². The summed E-state index contributed by atoms with van der Waals surface area (Å²) in [5.41, 5.74) is 0. The SMILES string of the molecule is CN=C(NCC(c1ccco1)N(C)C)NC1CCC(SC)C1. The number of guanidine groups is 1. The first-order valence-electron chi connectivity index (χ1n) is 7.83. The minimum atomic E-state index is 0.191. The summed E-state index contributed by atoms with van der Waals surface area (Å²) < 4.78 is 5.54. The number of aliphatic imine (C=N–C) groups is 1. The monoisotopic (exact) mass is 324 g/mol. The van der Waals surface area contributed by atoms with E-state index in [4.69, 9.17) is 4.42 Å². The number of likely N-dealkylation sites (N-methyl/N-ethyl adjacent to an activating group) is 1. The zero-order valence-corrected chi connectivity index (χ0v) is 14.8. The number of thioether (sulfide) groups is 1. The summed E-state index contributed by atoms with van der Waals surface area (Å²) in [6.45, 7) is 0.763. The van der Waals surface area contributed by atoms with Gasteiger partial charge in [0.25, 0.3) is 0 Å². The van der Waals surface area contributed by atoms with Crippen molar-refractivity contribution in [2.45, 2.75) is 36.6 Å². The van der Waals surface area contributed by atoms with Gasteiger partial charge in [0.2, 0.25) is 0 Å². The molecule has 0 aromatic carbocycles. The quantitative estimate of drug-likeness (QED) is 0.621. The van der Waals surface area contributed by atoms with Crippen LogP contribution < -0.4 is 10.6 Å². The van der Waals surface area contributed by atoms with Gasteiger partial charge in [-0.15, -0.1) is 0 Å². The molecule has 0 bridgehead atoms. The number of rotatable bonds is 6. The lowest BCUT2D eigenvalue weighted by atomic mass is 10.2. The number of furan rings is 1. The van der Waals surface area contributed by atoms with E-state index in [2.05, 4.69) is 40.9 Å². The van der Waals surface area contributed by atoms with Crippen LogP contribution in [0, 0.1) is 0 Å². The van der Waals surface area contributed by atoms with Crippen molar-refractivity contribution in [3.8, 4) is 0 Å². The second-order valence-corrected chi connectivity index (χ2v) is 7.10. The molecule has 3 atom stereocenters. The van der Waals surface area contributed by atoms with Gasteiger partial charge in [-0.2, -0.15) is 11.8 Å². The largest absolute Gasteiger partial charge is 0.468 e. The maximum absolute atomic E-state index is 5.54. The molecule has 1 saturated carbocycles. The van der Waals surface area contributed by atoms with Crippen LogP contribution in [0.25, 0.3) is 0 Å². The van der Waals surface area contributed by atoms with E-state index in [-0.39, 0.29) is 6.04 Å². The lowest BCUT2D eigenvalue weighted by Crippen LogP contribution is -2.45. The Morgan fingerprint density at radius 2 is 2.32 bits per heavy atom. The van der Waals surface area contributed by atoms with E-state index in [0.717, 1.165) is 23.5 Å². The van der Waals surface area contributed by atoms with Gasteiger partial charge in [-0.05, 0) is 51.7 Å². The van der Waals surface area contributed by atoms with Gasteiger partial charge in [0.05, 0.1) is 12.3 Å². The van der Waals surface area contributed by atoms with E-state index in [1.54, 1.807) is 6.26 Å². The van der Waals surface area contributed by atoms with Crippen molar-refractivity contribution in [1.29, 1.82) is 0 Å². The van der Waals surface area contributed by atoms with Crippen LogP contribution in [-0.4, -0.2) is 56.1 Å². The van der Waals surface area contributed by atoms with Gasteiger partial charge in [0.15, 0.2) is 5.96 Å². The van der Waals surface area contributed by atoms with Crippen LogP contribution in [0.2, 0.25) is 0 Å². The Kier molecular flexibility index (Phi) is 6.64. The molecule has 6 heteroatoms. The summed E-state index contributed by atoms with van der Waals surface area (Å²) in [6.07, 6.45) is 7.66. The predicted octanol–water partition coefficient (Wildman–Crippen LogP) is 2.33. The average molecular weight is 324 g/mol. The van der Waals surface area contributed by atoms with Gasteiger partial charge >= 0.3 is 0 Å². The molecule has 124 valence electrons. The predicted molar refractivity (Wildman–Crippen MR) is 94.6 cm³/mol. The molecule has 1 aliphatic rings. The van der Waals surface area contributed by atoms with Crippen molar-refractivity contribution in [2.24, 2.45) is 4.99 Å². The van der Waals surface area contributed by atoms with Crippen molar-refractivity contribution in [3.63, 3.8) is 0 Å². The van der Waals surface area contributed by atoms with Crippen molar-refractivity contribution < 1.29 is 4.42 Å². The molecule has 22 heavy (non-hydrogen) atoms. The zero-order valence-electron chi connectivity index (χ0n) is 14.0. The van der Waals surface area contributed by atoms with Gasteiger partial charge < -0.3 is 15.1 Å². The number of nitrogens with one attached hydrogen (secondary N) is 2. The number of nitrogens with zero attached hydrogens (tertiary/aromatic N) is 2. The average Bonchev–Trinajstić information content (AvgIpc) is 3.17. The maximum Gasteiger partial charge on any atom is 0.191 e. The fourth-order valence-corrected chi connectivity index (χ4v) is 3.68. The van der Waals surface area contributed by atoms with Gasteiger partial charge in [-0.1, -0.05) is 0 Å². The van der Waals surface area contributed by atoms with Crippen LogP contribution >= 0.6 is 11.8 Å². The Morgan fingerprint density at radius 3 is 2.86 bits per heavy atom. The van der Waals surface area contributed by atoms with Crippen molar-refractivity contribution in [3.05, 3.63) is 24.2 Å². The molecule has 1 aliphatic carbocycles. The molecule has 3 unspecified atom stereocenters.